The molecule has 2 heterocycles. The molecule has 10 nitrogen and oxygen atoms in total. The van der Waals surface area contributed by atoms with E-state index in [1.54, 1.807) is 31.2 Å². The minimum atomic E-state index is -0.653. The molecule has 0 unspecified atom stereocenters. The highest BCUT2D eigenvalue weighted by Crippen LogP contribution is 2.11. The van der Waals surface area contributed by atoms with Gasteiger partial charge in [0.1, 0.15) is 15.3 Å². The number of carbonyl (C=O) groups is 2. The maximum Gasteiger partial charge on any atom is 0.270 e. The summed E-state index contributed by atoms with van der Waals surface area (Å²) in [7, 11) is 0. The van der Waals surface area contributed by atoms with Crippen molar-refractivity contribution in [2.75, 3.05) is 38.1 Å². The number of aliphatic hydroxyl groups is 1. The first-order chi connectivity index (χ1) is 20.9. The van der Waals surface area contributed by atoms with Crippen molar-refractivity contribution in [1.82, 2.24) is 20.1 Å². The monoisotopic (exact) mass is 602 g/mol. The molecule has 11 heteroatoms. The number of hydrogen-bond donors (Lipinski definition) is 4. The predicted octanol–water partition coefficient (Wildman–Crippen LogP) is 1.39. The first kappa shape index (κ1) is 31.7. The molecule has 43 heavy (non-hydrogen) atoms. The van der Waals surface area contributed by atoms with E-state index in [0.717, 1.165) is 43.0 Å². The molecule has 0 spiro atoms. The molecule has 1 saturated heterocycles. The number of anilines is 1. The van der Waals surface area contributed by atoms with E-state index in [1.165, 1.54) is 23.6 Å². The third-order valence-electron chi connectivity index (χ3n) is 7.29. The van der Waals surface area contributed by atoms with E-state index in [2.05, 4.69) is 20.9 Å². The first-order valence-corrected chi connectivity index (χ1v) is 15.4. The van der Waals surface area contributed by atoms with Crippen LogP contribution in [0.4, 0.5) is 5.69 Å². The number of thiazole rings is 1. The van der Waals surface area contributed by atoms with Gasteiger partial charge in [-0.15, -0.1) is 11.3 Å². The van der Waals surface area contributed by atoms with Crippen molar-refractivity contribution >= 4 is 40.6 Å². The molecule has 3 aromatic rings. The lowest BCUT2D eigenvalue weighted by atomic mass is 10.1. The van der Waals surface area contributed by atoms with Gasteiger partial charge in [-0.3, -0.25) is 19.0 Å². The molecule has 1 aliphatic heterocycles. The summed E-state index contributed by atoms with van der Waals surface area (Å²) in [5, 5.41) is 28.5. The lowest BCUT2D eigenvalue weighted by molar-refractivity contribution is -0.116. The summed E-state index contributed by atoms with van der Waals surface area (Å²) in [6.45, 7) is 5.58. The Morgan fingerprint density at radius 1 is 1.14 bits per heavy atom. The average Bonchev–Trinajstić information content (AvgIpc) is 3.66. The van der Waals surface area contributed by atoms with Crippen molar-refractivity contribution in [2.45, 2.75) is 45.2 Å². The number of aliphatic hydroxyl groups excluding tert-OH is 1. The second-order valence-electron chi connectivity index (χ2n) is 10.4. The van der Waals surface area contributed by atoms with Crippen molar-refractivity contribution in [2.24, 2.45) is 0 Å². The lowest BCUT2D eigenvalue weighted by Crippen LogP contribution is -2.41. The maximum atomic E-state index is 13.2. The average molecular weight is 603 g/mol. The van der Waals surface area contributed by atoms with Crippen molar-refractivity contribution in [1.29, 1.82) is 5.26 Å². The van der Waals surface area contributed by atoms with Crippen molar-refractivity contribution in [3.8, 4) is 6.07 Å². The number of nitrogens with zero attached hydrogens (tertiary/aromatic N) is 3. The van der Waals surface area contributed by atoms with Crippen LogP contribution < -0.4 is 30.7 Å². The number of amides is 2. The number of nitrogens with one attached hydrogen (secondary N) is 3. The number of hydrogen-bond acceptors (Lipinski definition) is 8. The fourth-order valence-corrected chi connectivity index (χ4v) is 6.10. The standard InChI is InChI=1S/C32H38N6O4S/c1-2-38-31(42)28(43-32(38)27(20-33)30(41)36-26(22-39)18-23-10-4-3-5-11-23)21-35-25-13-8-12-24(19-25)29(40)34-14-9-17-37-15-6-7-16-37/h3-5,8,10-13,19,21,26,35,39H,2,6-7,9,14-18,22H2,1H3,(H,34,40)(H,36,41)/t26-/m0/s1. The molecule has 1 atom stereocenters. The van der Waals surface area contributed by atoms with Crippen LogP contribution in [0.25, 0.3) is 11.8 Å². The van der Waals surface area contributed by atoms with Gasteiger partial charge in [-0.25, -0.2) is 0 Å². The molecule has 1 aliphatic rings. The van der Waals surface area contributed by atoms with Crippen LogP contribution in [0.3, 0.4) is 0 Å². The summed E-state index contributed by atoms with van der Waals surface area (Å²) in [5.41, 5.74) is 1.52. The molecule has 2 aromatic carbocycles. The smallest absolute Gasteiger partial charge is 0.270 e. The SMILES string of the molecule is CCn1c(=C(C#N)C(=O)N[C@H](CO)Cc2ccccc2)sc(=CNc2cccc(C(=O)NCCCN3CCCC3)c2)c1=O. The maximum absolute atomic E-state index is 13.2. The Balaban J connectivity index is 1.47. The molecular formula is C32H38N6O4S. The molecule has 1 aromatic heterocycles. The third kappa shape index (κ3) is 8.64. The van der Waals surface area contributed by atoms with E-state index < -0.39 is 11.9 Å². The molecule has 2 amide bonds. The highest BCUT2D eigenvalue weighted by atomic mass is 32.1. The first-order valence-electron chi connectivity index (χ1n) is 14.6. The molecule has 4 N–H and O–H groups in total. The number of rotatable bonds is 13. The lowest BCUT2D eigenvalue weighted by Gasteiger charge is -2.16. The minimum absolute atomic E-state index is 0.162. The van der Waals surface area contributed by atoms with Gasteiger partial charge in [0.05, 0.1) is 12.6 Å². The van der Waals surface area contributed by atoms with E-state index in [0.29, 0.717) is 28.7 Å². The van der Waals surface area contributed by atoms with Gasteiger partial charge in [0, 0.05) is 30.5 Å². The molecule has 0 aliphatic carbocycles. The summed E-state index contributed by atoms with van der Waals surface area (Å²) in [5.74, 6) is -0.816. The van der Waals surface area contributed by atoms with Crippen LogP contribution in [0.2, 0.25) is 0 Å². The number of benzene rings is 2. The molecule has 0 radical (unpaired) electrons. The predicted molar refractivity (Wildman–Crippen MR) is 169 cm³/mol. The molecule has 1 fully saturated rings. The Hall–Kier alpha value is -4.24. The molecule has 4 rings (SSSR count). The van der Waals surface area contributed by atoms with Gasteiger partial charge >= 0.3 is 0 Å². The Labute approximate surface area is 255 Å². The van der Waals surface area contributed by atoms with Gasteiger partial charge in [0.25, 0.3) is 17.4 Å². The zero-order valence-corrected chi connectivity index (χ0v) is 25.2. The fourth-order valence-electron chi connectivity index (χ4n) is 5.02. The zero-order chi connectivity index (χ0) is 30.6. The second kappa shape index (κ2) is 15.8. The van der Waals surface area contributed by atoms with Gasteiger partial charge in [0.2, 0.25) is 0 Å². The molecular weight excluding hydrogens is 564 g/mol. The molecule has 0 saturated carbocycles. The Morgan fingerprint density at radius 2 is 1.91 bits per heavy atom. The van der Waals surface area contributed by atoms with Crippen LogP contribution in [0, 0.1) is 11.3 Å². The quantitative estimate of drug-likeness (QED) is 0.217. The van der Waals surface area contributed by atoms with E-state index >= 15 is 0 Å². The van der Waals surface area contributed by atoms with Gasteiger partial charge in [-0.05, 0) is 76.0 Å². The number of aromatic nitrogens is 1. The van der Waals surface area contributed by atoms with Crippen molar-refractivity contribution in [3.05, 3.63) is 85.3 Å². The van der Waals surface area contributed by atoms with Crippen LogP contribution in [0.1, 0.15) is 42.1 Å². The van der Waals surface area contributed by atoms with Crippen molar-refractivity contribution in [3.63, 3.8) is 0 Å². The van der Waals surface area contributed by atoms with Gasteiger partial charge < -0.3 is 26.0 Å². The highest BCUT2D eigenvalue weighted by Gasteiger charge is 2.19. The van der Waals surface area contributed by atoms with E-state index in [4.69, 9.17) is 0 Å². The summed E-state index contributed by atoms with van der Waals surface area (Å²) in [6.07, 6.45) is 5.31. The van der Waals surface area contributed by atoms with Gasteiger partial charge in [0.15, 0.2) is 5.57 Å². The molecule has 0 bridgehead atoms. The third-order valence-corrected chi connectivity index (χ3v) is 8.42. The summed E-state index contributed by atoms with van der Waals surface area (Å²) < 4.78 is 1.92. The fraction of sp³-hybridized carbons (Fsp3) is 0.375. The van der Waals surface area contributed by atoms with Crippen LogP contribution in [0.15, 0.2) is 59.4 Å². The Kier molecular flexibility index (Phi) is 11.7. The number of nitriles is 1. The number of likely N-dealkylation sites (tertiary alicyclic amines) is 1. The second-order valence-corrected chi connectivity index (χ2v) is 11.4. The minimum Gasteiger partial charge on any atom is -0.394 e. The summed E-state index contributed by atoms with van der Waals surface area (Å²) in [6, 6.07) is 17.8. The normalized spacial score (nSPS) is 15.0. The van der Waals surface area contributed by atoms with Gasteiger partial charge in [-0.2, -0.15) is 5.26 Å². The number of carbonyl (C=O) groups excluding carboxylic acids is 2. The van der Waals surface area contributed by atoms with Crippen LogP contribution in [-0.4, -0.2) is 65.2 Å². The van der Waals surface area contributed by atoms with Crippen LogP contribution in [-0.2, 0) is 17.8 Å². The Bertz CT molecular complexity index is 1620. The summed E-state index contributed by atoms with van der Waals surface area (Å²) >= 11 is 1.03. The van der Waals surface area contributed by atoms with Crippen LogP contribution in [0.5, 0.6) is 0 Å². The van der Waals surface area contributed by atoms with Crippen molar-refractivity contribution < 1.29 is 14.7 Å². The highest BCUT2D eigenvalue weighted by molar-refractivity contribution is 7.07. The Morgan fingerprint density at radius 3 is 2.60 bits per heavy atom. The van der Waals surface area contributed by atoms with E-state index in [1.807, 2.05) is 36.4 Å². The summed E-state index contributed by atoms with van der Waals surface area (Å²) in [4.78, 5) is 41.4. The van der Waals surface area contributed by atoms with E-state index in [-0.39, 0.29) is 34.9 Å². The van der Waals surface area contributed by atoms with Gasteiger partial charge in [-0.1, -0.05) is 36.4 Å². The molecule has 226 valence electrons. The largest absolute Gasteiger partial charge is 0.394 e. The topological polar surface area (TPSA) is 139 Å². The van der Waals surface area contributed by atoms with Crippen LogP contribution >= 0.6 is 11.3 Å². The van der Waals surface area contributed by atoms with E-state index in [9.17, 15) is 24.8 Å². The zero-order valence-electron chi connectivity index (χ0n) is 24.3.